The van der Waals surface area contributed by atoms with Gasteiger partial charge in [-0.2, -0.15) is 0 Å². The molecule has 166 valence electrons. The number of aliphatic imine (C=N–C) groups is 1. The van der Waals surface area contributed by atoms with E-state index in [1.807, 2.05) is 0 Å². The normalized spacial score (nSPS) is 13.6. The lowest BCUT2D eigenvalue weighted by molar-refractivity contribution is -0.143. The van der Waals surface area contributed by atoms with Gasteiger partial charge in [-0.15, -0.1) is 0 Å². The number of nitrogens with zero attached hydrogens (tertiary/aromatic N) is 1. The van der Waals surface area contributed by atoms with Gasteiger partial charge in [0, 0.05) is 6.54 Å². The number of carbonyl (C=O) groups excluding carboxylic acids is 2. The number of guanidine groups is 1. The largest absolute Gasteiger partial charge is 0.481 e. The summed E-state index contributed by atoms with van der Waals surface area (Å²) in [5.41, 5.74) is 21.5. The third kappa shape index (κ3) is 12.2. The van der Waals surface area contributed by atoms with Crippen LogP contribution in [-0.2, 0) is 19.2 Å². The fraction of sp³-hybridized carbons (Fsp3) is 0.688. The molecule has 0 aromatic heterocycles. The third-order valence-corrected chi connectivity index (χ3v) is 3.88. The van der Waals surface area contributed by atoms with Gasteiger partial charge in [0.05, 0.1) is 12.5 Å². The highest BCUT2D eigenvalue weighted by Crippen LogP contribution is 2.03. The van der Waals surface area contributed by atoms with Gasteiger partial charge >= 0.3 is 11.9 Å². The standard InChI is InChI=1S/C16H31N7O6/c17-6-2-1-4-9(18)13(26)23-11(8-12(24)25)14(27)22-10(15(28)29)5-3-7-21-16(19)20/h9-11H,1-8,17-18H2,(H,22,27)(H,23,26)(H,24,25)(H,28,29)(H4,19,20,21)/t9-,10-,11-/m0/s1. The Morgan fingerprint density at radius 2 is 1.52 bits per heavy atom. The van der Waals surface area contributed by atoms with Crippen LogP contribution in [0.15, 0.2) is 4.99 Å². The fourth-order valence-electron chi connectivity index (χ4n) is 2.34. The summed E-state index contributed by atoms with van der Waals surface area (Å²) in [6.45, 7) is 0.604. The predicted molar refractivity (Wildman–Crippen MR) is 105 cm³/mol. The van der Waals surface area contributed by atoms with E-state index in [1.54, 1.807) is 0 Å². The summed E-state index contributed by atoms with van der Waals surface area (Å²) in [6.07, 6.45) is 1.11. The second kappa shape index (κ2) is 14.1. The average Bonchev–Trinajstić information content (AvgIpc) is 2.62. The van der Waals surface area contributed by atoms with E-state index in [1.165, 1.54) is 0 Å². The Morgan fingerprint density at radius 3 is 2.03 bits per heavy atom. The molecule has 0 radical (unpaired) electrons. The molecule has 0 spiro atoms. The maximum absolute atomic E-state index is 12.4. The van der Waals surface area contributed by atoms with Crippen molar-refractivity contribution >= 4 is 29.7 Å². The zero-order valence-electron chi connectivity index (χ0n) is 16.2. The number of aliphatic carboxylic acids is 2. The molecular weight excluding hydrogens is 386 g/mol. The Morgan fingerprint density at radius 1 is 0.897 bits per heavy atom. The second-order valence-electron chi connectivity index (χ2n) is 6.40. The van der Waals surface area contributed by atoms with Crippen LogP contribution in [0.5, 0.6) is 0 Å². The summed E-state index contributed by atoms with van der Waals surface area (Å²) in [6, 6.07) is -3.72. The summed E-state index contributed by atoms with van der Waals surface area (Å²) < 4.78 is 0. The third-order valence-electron chi connectivity index (χ3n) is 3.88. The number of hydrogen-bond donors (Lipinski definition) is 8. The maximum atomic E-state index is 12.4. The van der Waals surface area contributed by atoms with Crippen molar-refractivity contribution in [2.45, 2.75) is 56.7 Å². The average molecular weight is 417 g/mol. The van der Waals surface area contributed by atoms with Crippen molar-refractivity contribution in [2.75, 3.05) is 13.1 Å². The fourth-order valence-corrected chi connectivity index (χ4v) is 2.34. The molecule has 2 amide bonds. The van der Waals surface area contributed by atoms with Gasteiger partial charge in [-0.25, -0.2) is 4.79 Å². The maximum Gasteiger partial charge on any atom is 0.326 e. The number of nitrogens with one attached hydrogen (secondary N) is 2. The number of unbranched alkanes of at least 4 members (excludes halogenated alkanes) is 1. The van der Waals surface area contributed by atoms with Gasteiger partial charge in [0.15, 0.2) is 5.96 Å². The SMILES string of the molecule is NCCCC[C@H](N)C(=O)N[C@@H](CC(=O)O)C(=O)N[C@@H](CCCN=C(N)N)C(=O)O. The van der Waals surface area contributed by atoms with Crippen molar-refractivity contribution in [1.29, 1.82) is 0 Å². The molecule has 13 nitrogen and oxygen atoms in total. The second-order valence-corrected chi connectivity index (χ2v) is 6.40. The number of rotatable bonds is 15. The first-order valence-electron chi connectivity index (χ1n) is 9.14. The van der Waals surface area contributed by atoms with Crippen LogP contribution in [0.4, 0.5) is 0 Å². The zero-order chi connectivity index (χ0) is 22.4. The summed E-state index contributed by atoms with van der Waals surface area (Å²) in [7, 11) is 0. The van der Waals surface area contributed by atoms with Gasteiger partial charge in [0.25, 0.3) is 0 Å². The number of carboxylic acid groups (broad SMARTS) is 2. The summed E-state index contributed by atoms with van der Waals surface area (Å²) >= 11 is 0. The zero-order valence-corrected chi connectivity index (χ0v) is 16.2. The smallest absolute Gasteiger partial charge is 0.326 e. The van der Waals surface area contributed by atoms with Crippen LogP contribution in [0.3, 0.4) is 0 Å². The van der Waals surface area contributed by atoms with Crippen molar-refractivity contribution in [3.05, 3.63) is 0 Å². The molecule has 0 aliphatic heterocycles. The Balaban J connectivity index is 4.93. The summed E-state index contributed by atoms with van der Waals surface area (Å²) in [5, 5.41) is 22.7. The molecule has 13 heteroatoms. The van der Waals surface area contributed by atoms with E-state index in [4.69, 9.17) is 28.0 Å². The van der Waals surface area contributed by atoms with Crippen LogP contribution in [0, 0.1) is 0 Å². The minimum atomic E-state index is -1.47. The number of nitrogens with two attached hydrogens (primary N) is 4. The lowest BCUT2D eigenvalue weighted by atomic mass is 10.1. The summed E-state index contributed by atoms with van der Waals surface area (Å²) in [4.78, 5) is 50.6. The first kappa shape index (κ1) is 26.1. The minimum absolute atomic E-state index is 0.00416. The molecule has 0 aliphatic carbocycles. The van der Waals surface area contributed by atoms with E-state index in [0.717, 1.165) is 0 Å². The lowest BCUT2D eigenvalue weighted by Gasteiger charge is -2.22. The molecule has 0 aromatic carbocycles. The molecule has 0 aromatic rings. The van der Waals surface area contributed by atoms with Crippen LogP contribution in [-0.4, -0.2) is 71.1 Å². The van der Waals surface area contributed by atoms with Crippen molar-refractivity contribution in [3.8, 4) is 0 Å². The number of amides is 2. The van der Waals surface area contributed by atoms with Crippen LogP contribution >= 0.6 is 0 Å². The van der Waals surface area contributed by atoms with E-state index >= 15 is 0 Å². The van der Waals surface area contributed by atoms with Gasteiger partial charge in [-0.1, -0.05) is 6.42 Å². The Hall–Kier alpha value is -2.93. The molecule has 3 atom stereocenters. The molecular formula is C16H31N7O6. The van der Waals surface area contributed by atoms with E-state index in [-0.39, 0.29) is 25.3 Å². The van der Waals surface area contributed by atoms with Gasteiger partial charge in [0.2, 0.25) is 11.8 Å². The van der Waals surface area contributed by atoms with Crippen LogP contribution in [0.1, 0.15) is 38.5 Å². The van der Waals surface area contributed by atoms with E-state index in [9.17, 15) is 24.3 Å². The number of carbonyl (C=O) groups is 4. The molecule has 0 fully saturated rings. The topological polar surface area (TPSA) is 249 Å². The number of hydrogen-bond acceptors (Lipinski definition) is 7. The minimum Gasteiger partial charge on any atom is -0.481 e. The Bertz CT molecular complexity index is 594. The highest BCUT2D eigenvalue weighted by Gasteiger charge is 2.29. The molecule has 0 aliphatic rings. The molecule has 0 bridgehead atoms. The molecule has 0 rings (SSSR count). The van der Waals surface area contributed by atoms with Gasteiger partial charge in [-0.05, 0) is 32.2 Å². The van der Waals surface area contributed by atoms with Gasteiger partial charge in [0.1, 0.15) is 12.1 Å². The predicted octanol–water partition coefficient (Wildman–Crippen LogP) is -2.97. The van der Waals surface area contributed by atoms with Crippen molar-refractivity contribution in [1.82, 2.24) is 10.6 Å². The van der Waals surface area contributed by atoms with E-state index < -0.39 is 48.3 Å². The molecule has 29 heavy (non-hydrogen) atoms. The first-order chi connectivity index (χ1) is 13.6. The highest BCUT2D eigenvalue weighted by molar-refractivity contribution is 5.93. The van der Waals surface area contributed by atoms with Gasteiger partial charge < -0.3 is 43.8 Å². The van der Waals surface area contributed by atoms with Crippen LogP contribution in [0.25, 0.3) is 0 Å². The lowest BCUT2D eigenvalue weighted by Crippen LogP contribution is -2.55. The molecule has 0 saturated heterocycles. The molecule has 12 N–H and O–H groups in total. The highest BCUT2D eigenvalue weighted by atomic mass is 16.4. The Labute approximate surface area is 168 Å². The monoisotopic (exact) mass is 417 g/mol. The van der Waals surface area contributed by atoms with E-state index in [2.05, 4.69) is 15.6 Å². The quantitative estimate of drug-likeness (QED) is 0.0762. The van der Waals surface area contributed by atoms with Crippen molar-refractivity contribution in [3.63, 3.8) is 0 Å². The van der Waals surface area contributed by atoms with Crippen molar-refractivity contribution < 1.29 is 29.4 Å². The molecule has 0 heterocycles. The van der Waals surface area contributed by atoms with Gasteiger partial charge in [-0.3, -0.25) is 19.4 Å². The Kier molecular flexibility index (Phi) is 12.7. The molecule has 0 saturated carbocycles. The van der Waals surface area contributed by atoms with E-state index in [0.29, 0.717) is 25.8 Å². The van der Waals surface area contributed by atoms with Crippen LogP contribution < -0.4 is 33.6 Å². The molecule has 0 unspecified atom stereocenters. The van der Waals surface area contributed by atoms with Crippen LogP contribution in [0.2, 0.25) is 0 Å². The number of carboxylic acids is 2. The van der Waals surface area contributed by atoms with Crippen molar-refractivity contribution in [2.24, 2.45) is 27.9 Å². The first-order valence-corrected chi connectivity index (χ1v) is 9.14. The summed E-state index contributed by atoms with van der Waals surface area (Å²) in [5.74, 6) is -4.45.